The molecule has 0 fully saturated rings. The highest BCUT2D eigenvalue weighted by atomic mass is 15.1. The zero-order chi connectivity index (χ0) is 30.6. The van der Waals surface area contributed by atoms with Crippen LogP contribution in [-0.2, 0) is 0 Å². The number of para-hydroxylation sites is 3. The van der Waals surface area contributed by atoms with Crippen LogP contribution in [0.4, 0.5) is 0 Å². The third-order valence-corrected chi connectivity index (χ3v) is 9.72. The zero-order valence-electron chi connectivity index (χ0n) is 25.0. The van der Waals surface area contributed by atoms with E-state index in [0.717, 1.165) is 60.9 Å². The first kappa shape index (κ1) is 24.8. The zero-order valence-corrected chi connectivity index (χ0v) is 25.0. The molecule has 0 aliphatic carbocycles. The van der Waals surface area contributed by atoms with Crippen LogP contribution in [0.3, 0.4) is 0 Å². The molecule has 0 aliphatic heterocycles. The van der Waals surface area contributed by atoms with Crippen molar-refractivity contribution >= 4 is 82.1 Å². The average molecular weight is 601 g/mol. The first-order valence-electron chi connectivity index (χ1n) is 15.8. The topological polar surface area (TPSA) is 52.9 Å². The summed E-state index contributed by atoms with van der Waals surface area (Å²) in [6.07, 6.45) is 5.66. The summed E-state index contributed by atoms with van der Waals surface area (Å²) >= 11 is 0. The molecule has 0 spiro atoms. The minimum atomic E-state index is 0.844. The van der Waals surface area contributed by atoms with Gasteiger partial charge in [0, 0.05) is 62.3 Å². The van der Waals surface area contributed by atoms with Crippen LogP contribution in [0.25, 0.3) is 93.5 Å². The Kier molecular flexibility index (Phi) is 4.75. The van der Waals surface area contributed by atoms with Gasteiger partial charge in [-0.15, -0.1) is 0 Å². The number of fused-ring (bicyclic) bond motifs is 16. The Balaban J connectivity index is 1.47. The van der Waals surface area contributed by atoms with Crippen molar-refractivity contribution in [3.8, 4) is 11.4 Å². The molecule has 6 heterocycles. The molecule has 6 heteroatoms. The highest BCUT2D eigenvalue weighted by Crippen LogP contribution is 2.45. The van der Waals surface area contributed by atoms with Gasteiger partial charge < -0.3 is 9.13 Å². The quantitative estimate of drug-likeness (QED) is 0.186. The van der Waals surface area contributed by atoms with Crippen LogP contribution >= 0.6 is 0 Å². The first-order valence-corrected chi connectivity index (χ1v) is 15.8. The van der Waals surface area contributed by atoms with Crippen LogP contribution in [0.2, 0.25) is 0 Å². The number of hydrogen-bond acceptors (Lipinski definition) is 3. The Bertz CT molecular complexity index is 3060. The van der Waals surface area contributed by atoms with Gasteiger partial charge in [-0.05, 0) is 60.0 Å². The van der Waals surface area contributed by atoms with E-state index in [1.807, 2.05) is 30.7 Å². The van der Waals surface area contributed by atoms with Crippen molar-refractivity contribution in [1.29, 1.82) is 0 Å². The van der Waals surface area contributed by atoms with Crippen molar-refractivity contribution in [2.75, 3.05) is 0 Å². The van der Waals surface area contributed by atoms with Crippen LogP contribution in [-0.4, -0.2) is 28.5 Å². The van der Waals surface area contributed by atoms with Gasteiger partial charge in [-0.1, -0.05) is 72.8 Å². The van der Waals surface area contributed by atoms with Gasteiger partial charge in [0.05, 0.1) is 27.6 Å². The van der Waals surface area contributed by atoms with E-state index in [1.165, 1.54) is 32.6 Å². The molecule has 0 aliphatic rings. The van der Waals surface area contributed by atoms with Crippen molar-refractivity contribution in [2.24, 2.45) is 0 Å². The summed E-state index contributed by atoms with van der Waals surface area (Å²) in [5, 5.41) is 8.08. The molecule has 5 aromatic carbocycles. The normalized spacial score (nSPS) is 12.3. The molecular formula is C41H24N6. The van der Waals surface area contributed by atoms with Gasteiger partial charge >= 0.3 is 0 Å². The summed E-state index contributed by atoms with van der Waals surface area (Å²) in [5.41, 5.74) is 10.5. The maximum Gasteiger partial charge on any atom is 0.164 e. The minimum Gasteiger partial charge on any atom is -0.307 e. The fourth-order valence-corrected chi connectivity index (χ4v) is 7.88. The molecule has 0 unspecified atom stereocenters. The Labute approximate surface area is 267 Å². The molecule has 0 amide bonds. The molecule has 0 saturated heterocycles. The monoisotopic (exact) mass is 600 g/mol. The Morgan fingerprint density at radius 3 is 1.96 bits per heavy atom. The summed E-state index contributed by atoms with van der Waals surface area (Å²) in [7, 11) is 0. The molecule has 6 nitrogen and oxygen atoms in total. The Morgan fingerprint density at radius 1 is 0.426 bits per heavy atom. The lowest BCUT2D eigenvalue weighted by Gasteiger charge is -2.12. The summed E-state index contributed by atoms with van der Waals surface area (Å²) < 4.78 is 7.07. The van der Waals surface area contributed by atoms with Crippen molar-refractivity contribution < 1.29 is 0 Å². The first-order chi connectivity index (χ1) is 23.4. The molecule has 0 saturated carbocycles. The molecule has 47 heavy (non-hydrogen) atoms. The molecule has 0 bridgehead atoms. The van der Waals surface area contributed by atoms with Gasteiger partial charge in [0.15, 0.2) is 5.65 Å². The van der Waals surface area contributed by atoms with Gasteiger partial charge in [0.2, 0.25) is 0 Å². The summed E-state index contributed by atoms with van der Waals surface area (Å²) in [6, 6.07) is 45.3. The molecule has 218 valence electrons. The smallest absolute Gasteiger partial charge is 0.164 e. The second-order valence-electron chi connectivity index (χ2n) is 12.1. The van der Waals surface area contributed by atoms with E-state index in [-0.39, 0.29) is 0 Å². The van der Waals surface area contributed by atoms with Crippen LogP contribution < -0.4 is 0 Å². The number of nitrogens with zero attached hydrogens (tertiary/aromatic N) is 6. The fraction of sp³-hybridized carbons (Fsp3) is 0. The van der Waals surface area contributed by atoms with Crippen molar-refractivity contribution in [1.82, 2.24) is 28.5 Å². The second-order valence-corrected chi connectivity index (χ2v) is 12.1. The lowest BCUT2D eigenvalue weighted by molar-refractivity contribution is 1.15. The third kappa shape index (κ3) is 3.16. The van der Waals surface area contributed by atoms with E-state index in [4.69, 9.17) is 9.97 Å². The average Bonchev–Trinajstić information content (AvgIpc) is 3.80. The molecule has 0 atom stereocenters. The number of hydrogen-bond donors (Lipinski definition) is 0. The van der Waals surface area contributed by atoms with Crippen LogP contribution in [0.15, 0.2) is 146 Å². The Morgan fingerprint density at radius 2 is 1.13 bits per heavy atom. The van der Waals surface area contributed by atoms with E-state index < -0.39 is 0 Å². The van der Waals surface area contributed by atoms with E-state index >= 15 is 0 Å². The number of aromatic nitrogens is 6. The summed E-state index contributed by atoms with van der Waals surface area (Å²) in [6.45, 7) is 0. The van der Waals surface area contributed by atoms with Crippen molar-refractivity contribution in [3.63, 3.8) is 0 Å². The number of rotatable bonds is 2. The fourth-order valence-electron chi connectivity index (χ4n) is 7.88. The highest BCUT2D eigenvalue weighted by Gasteiger charge is 2.24. The number of imidazole rings is 1. The molecule has 0 N–H and O–H groups in total. The van der Waals surface area contributed by atoms with Gasteiger partial charge in [0.1, 0.15) is 11.2 Å². The summed E-state index contributed by atoms with van der Waals surface area (Å²) in [4.78, 5) is 14.6. The highest BCUT2D eigenvalue weighted by molar-refractivity contribution is 6.33. The lowest BCUT2D eigenvalue weighted by Crippen LogP contribution is -1.98. The molecule has 11 rings (SSSR count). The molecule has 11 aromatic rings. The van der Waals surface area contributed by atoms with E-state index in [0.29, 0.717) is 0 Å². The van der Waals surface area contributed by atoms with Gasteiger partial charge in [-0.2, -0.15) is 0 Å². The van der Waals surface area contributed by atoms with Gasteiger partial charge in [-0.3, -0.25) is 9.38 Å². The largest absolute Gasteiger partial charge is 0.307 e. The van der Waals surface area contributed by atoms with Gasteiger partial charge in [0.25, 0.3) is 0 Å². The maximum absolute atomic E-state index is 5.26. The third-order valence-electron chi connectivity index (χ3n) is 9.72. The lowest BCUT2D eigenvalue weighted by atomic mass is 10.0. The van der Waals surface area contributed by atoms with Gasteiger partial charge in [-0.25, -0.2) is 9.97 Å². The summed E-state index contributed by atoms with van der Waals surface area (Å²) in [5.74, 6) is 0. The van der Waals surface area contributed by atoms with Crippen molar-refractivity contribution in [3.05, 3.63) is 146 Å². The molecule has 6 aromatic heterocycles. The number of pyridine rings is 3. The Hall–Kier alpha value is -6.53. The minimum absolute atomic E-state index is 0.844. The molecular weight excluding hydrogens is 576 g/mol. The molecule has 0 radical (unpaired) electrons. The van der Waals surface area contributed by atoms with Crippen molar-refractivity contribution in [2.45, 2.75) is 0 Å². The van der Waals surface area contributed by atoms with E-state index in [9.17, 15) is 0 Å². The maximum atomic E-state index is 5.26. The SMILES string of the molecule is c1ccc(-n2c3ccccc3c3ccc4c5c6c(ccc5n(-c5ccccc5)c4c32)c2cnccc2n2c3ncccc3nc62)cc1. The van der Waals surface area contributed by atoms with Crippen LogP contribution in [0.1, 0.15) is 0 Å². The second kappa shape index (κ2) is 9.02. The van der Waals surface area contributed by atoms with E-state index in [2.05, 4.69) is 134 Å². The van der Waals surface area contributed by atoms with Crippen LogP contribution in [0.5, 0.6) is 0 Å². The number of benzene rings is 5. The standard InChI is InChI=1S/C41H24N6/c1-3-10-25(11-4-1)45-33-16-8-7-14-27(33)29-17-18-30-36-35(46(39(30)38(29)45)26-12-5-2-6-13-26)20-19-28-31-24-42-23-21-34(31)47-40-32(15-9-22-43-40)44-41(47)37(28)36/h1-24H. The predicted molar refractivity (Wildman–Crippen MR) is 192 cm³/mol. The predicted octanol–water partition coefficient (Wildman–Crippen LogP) is 9.78. The van der Waals surface area contributed by atoms with Crippen LogP contribution in [0, 0.1) is 0 Å². The van der Waals surface area contributed by atoms with E-state index in [1.54, 1.807) is 0 Å².